The molecule has 0 unspecified atom stereocenters. The molecule has 2 saturated carbocycles. The van der Waals surface area contributed by atoms with Gasteiger partial charge >= 0.3 is 0 Å². The second-order valence-electron chi connectivity index (χ2n) is 6.91. The summed E-state index contributed by atoms with van der Waals surface area (Å²) in [5, 5.41) is 0. The molecule has 1 aliphatic heterocycles. The van der Waals surface area contributed by atoms with Gasteiger partial charge in [-0.25, -0.2) is 0 Å². The number of hydrogen-bond donors (Lipinski definition) is 0. The molecule has 0 aromatic heterocycles. The van der Waals surface area contributed by atoms with Crippen LogP contribution >= 0.6 is 0 Å². The number of anilines is 1. The molecule has 2 nitrogen and oxygen atoms in total. The fourth-order valence-electron chi connectivity index (χ4n) is 4.10. The predicted molar refractivity (Wildman–Crippen MR) is 80.9 cm³/mol. The normalized spacial score (nSPS) is 25.4. The molecule has 1 saturated heterocycles. The minimum atomic E-state index is -0.00653. The van der Waals surface area contributed by atoms with Crippen molar-refractivity contribution in [1.82, 2.24) is 0 Å². The van der Waals surface area contributed by atoms with Crippen LogP contribution in [0.15, 0.2) is 24.3 Å². The van der Waals surface area contributed by atoms with E-state index in [2.05, 4.69) is 24.3 Å². The lowest BCUT2D eigenvalue weighted by atomic mass is 9.73. The summed E-state index contributed by atoms with van der Waals surface area (Å²) in [7, 11) is 0. The fraction of sp³-hybridized carbons (Fsp3) is 0.611. The van der Waals surface area contributed by atoms with Crippen LogP contribution in [0.25, 0.3) is 0 Å². The van der Waals surface area contributed by atoms with E-state index >= 15 is 0 Å². The molecule has 20 heavy (non-hydrogen) atoms. The van der Waals surface area contributed by atoms with E-state index < -0.39 is 0 Å². The van der Waals surface area contributed by atoms with Crippen LogP contribution < -0.4 is 4.90 Å². The summed E-state index contributed by atoms with van der Waals surface area (Å²) in [6, 6.07) is 8.78. The molecule has 0 radical (unpaired) electrons. The van der Waals surface area contributed by atoms with E-state index in [1.54, 1.807) is 0 Å². The van der Waals surface area contributed by atoms with Crippen molar-refractivity contribution in [1.29, 1.82) is 0 Å². The van der Waals surface area contributed by atoms with Crippen molar-refractivity contribution < 1.29 is 4.79 Å². The Balaban J connectivity index is 1.55. The molecule has 1 aromatic rings. The number of carbonyl (C=O) groups excluding carboxylic acids is 1. The van der Waals surface area contributed by atoms with Crippen LogP contribution in [0.1, 0.15) is 62.8 Å². The molecule has 1 heterocycles. The Morgan fingerprint density at radius 3 is 2.30 bits per heavy atom. The lowest BCUT2D eigenvalue weighted by molar-refractivity contribution is -0.127. The van der Waals surface area contributed by atoms with E-state index in [0.29, 0.717) is 5.91 Å². The van der Waals surface area contributed by atoms with E-state index in [1.165, 1.54) is 37.7 Å². The summed E-state index contributed by atoms with van der Waals surface area (Å²) in [5.41, 5.74) is 2.56. The fourth-order valence-corrected chi connectivity index (χ4v) is 4.10. The second kappa shape index (κ2) is 4.61. The number of nitrogens with zero attached hydrogens (tertiary/aromatic N) is 1. The van der Waals surface area contributed by atoms with Gasteiger partial charge in [0.1, 0.15) is 0 Å². The number of amides is 1. The number of carbonyl (C=O) groups is 1. The zero-order valence-electron chi connectivity index (χ0n) is 12.1. The molecular formula is C18H23NO. The lowest BCUT2D eigenvalue weighted by Gasteiger charge is -2.31. The minimum Gasteiger partial charge on any atom is -0.312 e. The first-order valence-corrected chi connectivity index (χ1v) is 8.20. The average Bonchev–Trinajstić information content (AvgIpc) is 3.29. The van der Waals surface area contributed by atoms with Gasteiger partial charge < -0.3 is 4.90 Å². The van der Waals surface area contributed by atoms with Crippen LogP contribution in [-0.4, -0.2) is 12.5 Å². The van der Waals surface area contributed by atoms with Crippen molar-refractivity contribution in [3.8, 4) is 0 Å². The van der Waals surface area contributed by atoms with Gasteiger partial charge in [-0.2, -0.15) is 0 Å². The Labute approximate surface area is 121 Å². The van der Waals surface area contributed by atoms with Gasteiger partial charge in [0.15, 0.2) is 0 Å². The monoisotopic (exact) mass is 269 g/mol. The van der Waals surface area contributed by atoms with Crippen LogP contribution in [0, 0.1) is 5.41 Å². The van der Waals surface area contributed by atoms with Crippen LogP contribution in [0.3, 0.4) is 0 Å². The first-order chi connectivity index (χ1) is 9.78. The maximum absolute atomic E-state index is 12.8. The Morgan fingerprint density at radius 2 is 1.65 bits per heavy atom. The summed E-state index contributed by atoms with van der Waals surface area (Å²) >= 11 is 0. The maximum atomic E-state index is 12.8. The molecule has 3 aliphatic rings. The number of benzene rings is 1. The number of rotatable bonds is 2. The number of hydrogen-bond acceptors (Lipinski definition) is 1. The summed E-state index contributed by atoms with van der Waals surface area (Å²) in [6.07, 6.45) is 9.75. The van der Waals surface area contributed by atoms with Gasteiger partial charge in [0.25, 0.3) is 0 Å². The van der Waals surface area contributed by atoms with E-state index in [9.17, 15) is 4.79 Å². The van der Waals surface area contributed by atoms with Crippen molar-refractivity contribution in [3.05, 3.63) is 29.8 Å². The topological polar surface area (TPSA) is 20.3 Å². The molecule has 4 rings (SSSR count). The molecule has 106 valence electrons. The zero-order valence-corrected chi connectivity index (χ0v) is 12.1. The maximum Gasteiger partial charge on any atom is 0.233 e. The van der Waals surface area contributed by atoms with Gasteiger partial charge in [-0.05, 0) is 55.7 Å². The van der Waals surface area contributed by atoms with Crippen molar-refractivity contribution in [2.45, 2.75) is 57.3 Å². The molecular weight excluding hydrogens is 246 g/mol. The third-order valence-electron chi connectivity index (χ3n) is 5.58. The van der Waals surface area contributed by atoms with Crippen LogP contribution in [0.5, 0.6) is 0 Å². The van der Waals surface area contributed by atoms with Crippen LogP contribution in [-0.2, 0) is 4.79 Å². The van der Waals surface area contributed by atoms with Crippen molar-refractivity contribution in [2.75, 3.05) is 11.4 Å². The van der Waals surface area contributed by atoms with Gasteiger partial charge in [0, 0.05) is 12.2 Å². The molecule has 3 fully saturated rings. The predicted octanol–water partition coefficient (Wildman–Crippen LogP) is 4.25. The lowest BCUT2D eigenvalue weighted by Crippen LogP contribution is -2.36. The van der Waals surface area contributed by atoms with Crippen molar-refractivity contribution in [2.24, 2.45) is 5.41 Å². The third kappa shape index (κ3) is 1.97. The van der Waals surface area contributed by atoms with E-state index in [-0.39, 0.29) is 5.41 Å². The molecule has 0 bridgehead atoms. The summed E-state index contributed by atoms with van der Waals surface area (Å²) in [4.78, 5) is 14.9. The van der Waals surface area contributed by atoms with E-state index in [0.717, 1.165) is 37.4 Å². The van der Waals surface area contributed by atoms with E-state index in [4.69, 9.17) is 0 Å². The SMILES string of the molecule is O=C1N(c2ccc(C3CC3)cc2)CCC12CCCCC2. The Kier molecular flexibility index (Phi) is 2.87. The highest BCUT2D eigenvalue weighted by molar-refractivity contribution is 5.99. The second-order valence-corrected chi connectivity index (χ2v) is 6.91. The molecule has 1 aromatic carbocycles. The highest BCUT2D eigenvalue weighted by Gasteiger charge is 2.47. The quantitative estimate of drug-likeness (QED) is 0.786. The van der Waals surface area contributed by atoms with Gasteiger partial charge in [0.2, 0.25) is 5.91 Å². The highest BCUT2D eigenvalue weighted by Crippen LogP contribution is 2.46. The van der Waals surface area contributed by atoms with Crippen molar-refractivity contribution >= 4 is 11.6 Å². The first kappa shape index (κ1) is 12.4. The Bertz CT molecular complexity index is 509. The third-order valence-corrected chi connectivity index (χ3v) is 5.58. The van der Waals surface area contributed by atoms with Gasteiger partial charge in [-0.3, -0.25) is 4.79 Å². The summed E-state index contributed by atoms with van der Waals surface area (Å²) < 4.78 is 0. The van der Waals surface area contributed by atoms with Crippen LogP contribution in [0.2, 0.25) is 0 Å². The van der Waals surface area contributed by atoms with Gasteiger partial charge in [-0.15, -0.1) is 0 Å². The first-order valence-electron chi connectivity index (χ1n) is 8.20. The Morgan fingerprint density at radius 1 is 0.950 bits per heavy atom. The smallest absolute Gasteiger partial charge is 0.233 e. The Hall–Kier alpha value is -1.31. The average molecular weight is 269 g/mol. The molecule has 0 atom stereocenters. The minimum absolute atomic E-state index is 0.00653. The molecule has 2 heteroatoms. The highest BCUT2D eigenvalue weighted by atomic mass is 16.2. The van der Waals surface area contributed by atoms with Crippen molar-refractivity contribution in [3.63, 3.8) is 0 Å². The largest absolute Gasteiger partial charge is 0.312 e. The standard InChI is InChI=1S/C18H23NO/c20-17-18(10-2-1-3-11-18)12-13-19(17)16-8-6-15(7-9-16)14-4-5-14/h6-9,14H,1-5,10-13H2. The summed E-state index contributed by atoms with van der Waals surface area (Å²) in [6.45, 7) is 0.918. The van der Waals surface area contributed by atoms with Gasteiger partial charge in [0.05, 0.1) is 5.41 Å². The van der Waals surface area contributed by atoms with Crippen LogP contribution in [0.4, 0.5) is 5.69 Å². The van der Waals surface area contributed by atoms with Gasteiger partial charge in [-0.1, -0.05) is 31.4 Å². The molecule has 1 amide bonds. The molecule has 1 spiro atoms. The zero-order chi connectivity index (χ0) is 13.6. The molecule has 2 aliphatic carbocycles. The summed E-state index contributed by atoms with van der Waals surface area (Å²) in [5.74, 6) is 1.19. The van der Waals surface area contributed by atoms with E-state index in [1.807, 2.05) is 4.90 Å². The molecule has 0 N–H and O–H groups in total.